The van der Waals surface area contributed by atoms with E-state index >= 15 is 0 Å². The van der Waals surface area contributed by atoms with Crippen molar-refractivity contribution < 1.29 is 4.42 Å². The van der Waals surface area contributed by atoms with Gasteiger partial charge in [-0.1, -0.05) is 138 Å². The lowest BCUT2D eigenvalue weighted by atomic mass is 9.59. The van der Waals surface area contributed by atoms with Gasteiger partial charge in [0, 0.05) is 21.9 Å². The van der Waals surface area contributed by atoms with E-state index in [-0.39, 0.29) is 16.4 Å². The molecule has 7 aromatic carbocycles. The third-order valence-electron chi connectivity index (χ3n) is 9.86. The molecule has 0 bridgehead atoms. The molecule has 0 fully saturated rings. The van der Waals surface area contributed by atoms with Crippen LogP contribution in [0.3, 0.4) is 0 Å². The zero-order chi connectivity index (χ0) is 36.9. The van der Waals surface area contributed by atoms with E-state index in [9.17, 15) is 0 Å². The number of benzene rings is 7. The summed E-state index contributed by atoms with van der Waals surface area (Å²) in [4.78, 5) is 14.7. The van der Waals surface area contributed by atoms with Crippen LogP contribution < -0.4 is 27.3 Å². The molecule has 0 amide bonds. The predicted molar refractivity (Wildman–Crippen MR) is 227 cm³/mol. The topological polar surface area (TPSA) is 51.8 Å². The monoisotopic (exact) mass is 677 g/mol. The number of para-hydroxylation sites is 1. The summed E-state index contributed by atoms with van der Waals surface area (Å²) < 4.78 is 6.63. The minimum Gasteiger partial charge on any atom is -0.455 e. The smallest absolute Gasteiger partial charge is 0.167 e. The van der Waals surface area contributed by atoms with Crippen molar-refractivity contribution in [3.05, 3.63) is 146 Å². The third kappa shape index (κ3) is 5.86. The summed E-state index contributed by atoms with van der Waals surface area (Å²) in [7, 11) is 30.8. The molecule has 240 valence electrons. The zero-order valence-corrected chi connectivity index (χ0v) is 29.0. The van der Waals surface area contributed by atoms with Crippen molar-refractivity contribution in [3.8, 4) is 67.5 Å². The lowest BCUT2D eigenvalue weighted by Crippen LogP contribution is -2.55. The Labute approximate surface area is 319 Å². The van der Waals surface area contributed by atoms with E-state index in [4.69, 9.17) is 58.6 Å². The zero-order valence-electron chi connectivity index (χ0n) is 29.0. The normalized spacial score (nSPS) is 11.3. The molecule has 0 aliphatic heterocycles. The number of hydrogen-bond acceptors (Lipinski definition) is 4. The minimum absolute atomic E-state index is 0.199. The average molecular weight is 677 g/mol. The summed E-state index contributed by atoms with van der Waals surface area (Å²) >= 11 is 0. The van der Waals surface area contributed by atoms with Gasteiger partial charge in [-0.2, -0.15) is 0 Å². The van der Waals surface area contributed by atoms with Gasteiger partial charge in [0.25, 0.3) is 0 Å². The quantitative estimate of drug-likeness (QED) is 0.211. The Hall–Kier alpha value is -6.33. The van der Waals surface area contributed by atoms with Gasteiger partial charge < -0.3 is 4.42 Å². The molecule has 9 aromatic rings. The Kier molecular flexibility index (Phi) is 8.43. The molecule has 54 heavy (non-hydrogen) atoms. The number of fused-ring (bicyclic) bond motifs is 3. The van der Waals surface area contributed by atoms with Crippen molar-refractivity contribution in [1.82, 2.24) is 15.0 Å². The molecule has 0 aliphatic carbocycles. The molecule has 9 heteroatoms. The number of rotatable bonds is 6. The van der Waals surface area contributed by atoms with Crippen LogP contribution in [0.4, 0.5) is 0 Å². The summed E-state index contributed by atoms with van der Waals surface area (Å²) in [6.07, 6.45) is 0. The van der Waals surface area contributed by atoms with E-state index < -0.39 is 0 Å². The van der Waals surface area contributed by atoms with E-state index in [1.165, 1.54) is 0 Å². The maximum atomic E-state index is 6.63. The van der Waals surface area contributed by atoms with Gasteiger partial charge in [0.1, 0.15) is 50.4 Å². The maximum absolute atomic E-state index is 6.63. The van der Waals surface area contributed by atoms with Crippen molar-refractivity contribution in [2.45, 2.75) is 0 Å². The number of aromatic nitrogens is 3. The third-order valence-corrected chi connectivity index (χ3v) is 9.86. The molecule has 9 rings (SSSR count). The van der Waals surface area contributed by atoms with Crippen LogP contribution in [0.15, 0.2) is 150 Å². The molecule has 0 unspecified atom stereocenters. The standard InChI is InChI=1S/C45H24B5N3O/c46-37-36(38(47)40(49)41(50)39(37)48)28-20-18-26(19-21-28)25-14-16-27(17-15-25)31-22-23-32-33-12-7-13-34(42(33)54-35(32)24-31)45-52-43(29-8-3-1-4-9-29)51-44(53-45)30-10-5-2-6-11-30/h1-24H. The minimum atomic E-state index is 0.199. The van der Waals surface area contributed by atoms with Crippen molar-refractivity contribution in [3.63, 3.8) is 0 Å². The van der Waals surface area contributed by atoms with E-state index in [2.05, 4.69) is 48.5 Å². The number of furan rings is 1. The fourth-order valence-corrected chi connectivity index (χ4v) is 6.93. The highest BCUT2D eigenvalue weighted by Crippen LogP contribution is 2.38. The van der Waals surface area contributed by atoms with Crippen LogP contribution in [0, 0.1) is 0 Å². The molecule has 0 atom stereocenters. The van der Waals surface area contributed by atoms with Gasteiger partial charge in [0.2, 0.25) is 0 Å². The van der Waals surface area contributed by atoms with Gasteiger partial charge >= 0.3 is 0 Å². The van der Waals surface area contributed by atoms with Crippen LogP contribution in [-0.4, -0.2) is 54.2 Å². The Morgan fingerprint density at radius 2 is 0.815 bits per heavy atom. The highest BCUT2D eigenvalue weighted by molar-refractivity contribution is 6.68. The highest BCUT2D eigenvalue weighted by atomic mass is 16.3. The summed E-state index contributed by atoms with van der Waals surface area (Å²) in [6.45, 7) is 0. The summed E-state index contributed by atoms with van der Waals surface area (Å²) in [6, 6.07) is 48.6. The second-order valence-electron chi connectivity index (χ2n) is 13.1. The van der Waals surface area contributed by atoms with Gasteiger partial charge in [-0.05, 0) is 51.6 Å². The molecular formula is C45H24B5N3O. The second kappa shape index (κ2) is 13.6. The molecule has 10 radical (unpaired) electrons. The van der Waals surface area contributed by atoms with Gasteiger partial charge in [-0.15, -0.1) is 16.4 Å². The summed E-state index contributed by atoms with van der Waals surface area (Å²) in [5.41, 5.74) is 11.0. The average Bonchev–Trinajstić information content (AvgIpc) is 3.61. The molecule has 0 spiro atoms. The van der Waals surface area contributed by atoms with Crippen LogP contribution >= 0.6 is 0 Å². The van der Waals surface area contributed by atoms with E-state index in [0.717, 1.165) is 66.4 Å². The first-order valence-electron chi connectivity index (χ1n) is 17.4. The summed E-state index contributed by atoms with van der Waals surface area (Å²) in [5, 5.41) is 2.00. The maximum Gasteiger partial charge on any atom is 0.167 e. The van der Waals surface area contributed by atoms with Crippen LogP contribution in [-0.2, 0) is 0 Å². The van der Waals surface area contributed by atoms with Crippen LogP contribution in [0.2, 0.25) is 0 Å². The van der Waals surface area contributed by atoms with Crippen LogP contribution in [0.25, 0.3) is 89.5 Å². The van der Waals surface area contributed by atoms with E-state index in [1.807, 2.05) is 97.1 Å². The fraction of sp³-hybridized carbons (Fsp3) is 0. The Morgan fingerprint density at radius 3 is 1.37 bits per heavy atom. The predicted octanol–water partition coefficient (Wildman–Crippen LogP) is 5.74. The van der Waals surface area contributed by atoms with Crippen LogP contribution in [0.1, 0.15) is 0 Å². The number of nitrogens with zero attached hydrogens (tertiary/aromatic N) is 3. The molecule has 0 aliphatic rings. The first kappa shape index (κ1) is 33.5. The SMILES string of the molecule is [B]c1c([B])c([B])c(-c2ccc(-c3ccc(-c4ccc5c(c4)oc4c(-c6nc(-c7ccccc7)nc(-c7ccccc7)n6)cccc45)cc3)cc2)c([B])c1[B]. The van der Waals surface area contributed by atoms with Crippen LogP contribution in [0.5, 0.6) is 0 Å². The molecule has 2 aromatic heterocycles. The molecular weight excluding hydrogens is 653 g/mol. The lowest BCUT2D eigenvalue weighted by Gasteiger charge is -2.21. The Balaban J connectivity index is 1.05. The molecule has 0 N–H and O–H groups in total. The van der Waals surface area contributed by atoms with Crippen molar-refractivity contribution in [2.24, 2.45) is 0 Å². The number of hydrogen-bond donors (Lipinski definition) is 0. The van der Waals surface area contributed by atoms with Gasteiger partial charge in [-0.3, -0.25) is 0 Å². The van der Waals surface area contributed by atoms with Crippen molar-refractivity contribution >= 4 is 88.5 Å². The fourth-order valence-electron chi connectivity index (χ4n) is 6.93. The van der Waals surface area contributed by atoms with E-state index in [0.29, 0.717) is 34.0 Å². The van der Waals surface area contributed by atoms with Gasteiger partial charge in [0.05, 0.1) is 5.56 Å². The molecule has 2 heterocycles. The molecule has 0 saturated heterocycles. The highest BCUT2D eigenvalue weighted by Gasteiger charge is 2.18. The summed E-state index contributed by atoms with van der Waals surface area (Å²) in [5.74, 6) is 1.74. The first-order valence-corrected chi connectivity index (χ1v) is 17.4. The van der Waals surface area contributed by atoms with Gasteiger partial charge in [-0.25, -0.2) is 15.0 Å². The van der Waals surface area contributed by atoms with E-state index in [1.54, 1.807) is 0 Å². The first-order chi connectivity index (χ1) is 26.3. The largest absolute Gasteiger partial charge is 0.455 e. The molecule has 4 nitrogen and oxygen atoms in total. The lowest BCUT2D eigenvalue weighted by molar-refractivity contribution is 0.669. The van der Waals surface area contributed by atoms with Crippen molar-refractivity contribution in [2.75, 3.05) is 0 Å². The Morgan fingerprint density at radius 1 is 0.352 bits per heavy atom. The second-order valence-corrected chi connectivity index (χ2v) is 13.1. The Bertz CT molecular complexity index is 2770. The van der Waals surface area contributed by atoms with Gasteiger partial charge in [0.15, 0.2) is 17.5 Å². The molecule has 0 saturated carbocycles. The van der Waals surface area contributed by atoms with Crippen molar-refractivity contribution in [1.29, 1.82) is 0 Å².